The topological polar surface area (TPSA) is 53.1 Å². The third-order valence-electron chi connectivity index (χ3n) is 3.48. The summed E-state index contributed by atoms with van der Waals surface area (Å²) in [6.45, 7) is 8.84. The average Bonchev–Trinajstić information content (AvgIpc) is 2.39. The van der Waals surface area contributed by atoms with E-state index in [9.17, 15) is 4.39 Å². The van der Waals surface area contributed by atoms with Gasteiger partial charge in [-0.1, -0.05) is 39.3 Å². The number of nitrogens with two attached hydrogens (primary N) is 1. The highest BCUT2D eigenvalue weighted by Crippen LogP contribution is 2.16. The largest absolute Gasteiger partial charge is 0.384 e. The van der Waals surface area contributed by atoms with Crippen LogP contribution in [0.25, 0.3) is 0 Å². The number of halogens is 1. The van der Waals surface area contributed by atoms with Gasteiger partial charge in [-0.15, -0.1) is 0 Å². The maximum absolute atomic E-state index is 14.2. The molecule has 0 amide bonds. The van der Waals surface area contributed by atoms with Crippen LogP contribution in [0.2, 0.25) is 0 Å². The molecule has 0 radical (unpaired) electrons. The van der Waals surface area contributed by atoms with E-state index in [2.05, 4.69) is 25.7 Å². The van der Waals surface area contributed by atoms with Crippen molar-refractivity contribution in [2.75, 3.05) is 13.1 Å². The van der Waals surface area contributed by atoms with Crippen LogP contribution in [-0.4, -0.2) is 23.8 Å². The highest BCUT2D eigenvalue weighted by molar-refractivity contribution is 5.95. The summed E-state index contributed by atoms with van der Waals surface area (Å²) in [5, 5.41) is 7.37. The predicted octanol–water partition coefficient (Wildman–Crippen LogP) is 2.98. The van der Waals surface area contributed by atoms with Gasteiger partial charge in [0.15, 0.2) is 0 Å². The van der Waals surface area contributed by atoms with E-state index >= 15 is 0 Å². The first kappa shape index (κ1) is 15.6. The molecule has 0 bridgehead atoms. The zero-order valence-electron chi connectivity index (χ0n) is 12.0. The number of hydrogen-bond donors (Lipinski definition) is 2. The first-order valence-electron chi connectivity index (χ1n) is 6.83. The van der Waals surface area contributed by atoms with Crippen LogP contribution in [0.15, 0.2) is 18.2 Å². The Morgan fingerprint density at radius 3 is 2.63 bits per heavy atom. The number of rotatable bonds is 7. The van der Waals surface area contributed by atoms with Crippen molar-refractivity contribution >= 4 is 5.84 Å². The molecule has 3 N–H and O–H groups in total. The van der Waals surface area contributed by atoms with E-state index < -0.39 is 0 Å². The number of nitrogens with one attached hydrogen (secondary N) is 1. The van der Waals surface area contributed by atoms with Crippen LogP contribution in [0.5, 0.6) is 0 Å². The van der Waals surface area contributed by atoms with Gasteiger partial charge in [-0.2, -0.15) is 0 Å². The molecule has 0 heterocycles. The minimum Gasteiger partial charge on any atom is -0.384 e. The molecule has 0 aliphatic heterocycles. The molecular formula is C15H24FN3. The van der Waals surface area contributed by atoms with Crippen molar-refractivity contribution in [1.82, 2.24) is 4.90 Å². The molecule has 0 fully saturated rings. The van der Waals surface area contributed by atoms with Crippen LogP contribution < -0.4 is 5.73 Å². The molecule has 1 aromatic carbocycles. The second-order valence-corrected chi connectivity index (χ2v) is 5.03. The van der Waals surface area contributed by atoms with E-state index in [1.54, 1.807) is 18.2 Å². The fourth-order valence-electron chi connectivity index (χ4n) is 2.03. The van der Waals surface area contributed by atoms with Crippen LogP contribution in [-0.2, 0) is 6.54 Å². The Hall–Kier alpha value is -1.42. The summed E-state index contributed by atoms with van der Waals surface area (Å²) >= 11 is 0. The Kier molecular flexibility index (Phi) is 5.96. The van der Waals surface area contributed by atoms with Crippen molar-refractivity contribution in [2.24, 2.45) is 11.7 Å². The van der Waals surface area contributed by atoms with Crippen molar-refractivity contribution in [3.63, 3.8) is 0 Å². The molecule has 1 unspecified atom stereocenters. The third-order valence-corrected chi connectivity index (χ3v) is 3.48. The first-order chi connectivity index (χ1) is 8.99. The number of nitrogens with zero attached hydrogens (tertiary/aromatic N) is 1. The van der Waals surface area contributed by atoms with E-state index in [1.807, 2.05) is 0 Å². The Labute approximate surface area is 115 Å². The molecule has 1 rings (SSSR count). The lowest BCUT2D eigenvalue weighted by atomic mass is 10.1. The molecule has 0 aliphatic rings. The van der Waals surface area contributed by atoms with Gasteiger partial charge in [0, 0.05) is 18.7 Å². The van der Waals surface area contributed by atoms with Gasteiger partial charge >= 0.3 is 0 Å². The lowest BCUT2D eigenvalue weighted by molar-refractivity contribution is 0.235. The summed E-state index contributed by atoms with van der Waals surface area (Å²) < 4.78 is 14.2. The average molecular weight is 265 g/mol. The standard InChI is InChI=1S/C15H24FN3/c1-4-11(3)9-19(5-2)10-12-7-6-8-13(14(12)16)15(17)18/h6-8,11H,4-5,9-10H2,1-3H3,(H3,17,18). The van der Waals surface area contributed by atoms with Crippen LogP contribution in [0, 0.1) is 17.1 Å². The molecule has 4 heteroatoms. The minimum atomic E-state index is -0.363. The number of amidine groups is 1. The van der Waals surface area contributed by atoms with E-state index in [0.717, 1.165) is 19.5 Å². The van der Waals surface area contributed by atoms with Crippen molar-refractivity contribution in [1.29, 1.82) is 5.41 Å². The lowest BCUT2D eigenvalue weighted by Crippen LogP contribution is -2.28. The van der Waals surface area contributed by atoms with Crippen molar-refractivity contribution < 1.29 is 4.39 Å². The summed E-state index contributed by atoms with van der Waals surface area (Å²) in [5.74, 6) is 0.0147. The molecule has 0 aromatic heterocycles. The van der Waals surface area contributed by atoms with Gasteiger partial charge in [0.1, 0.15) is 11.7 Å². The summed E-state index contributed by atoms with van der Waals surface area (Å²) in [7, 11) is 0. The molecule has 0 aliphatic carbocycles. The number of benzene rings is 1. The molecule has 1 atom stereocenters. The monoisotopic (exact) mass is 265 g/mol. The van der Waals surface area contributed by atoms with E-state index in [0.29, 0.717) is 18.0 Å². The smallest absolute Gasteiger partial charge is 0.138 e. The molecule has 1 aromatic rings. The fourth-order valence-corrected chi connectivity index (χ4v) is 2.03. The summed E-state index contributed by atoms with van der Waals surface area (Å²) in [4.78, 5) is 2.22. The van der Waals surface area contributed by atoms with Gasteiger partial charge in [0.2, 0.25) is 0 Å². The van der Waals surface area contributed by atoms with Gasteiger partial charge in [0.05, 0.1) is 5.56 Å². The van der Waals surface area contributed by atoms with Crippen LogP contribution >= 0.6 is 0 Å². The SMILES string of the molecule is CCC(C)CN(CC)Cc1cccc(C(=N)N)c1F. The fraction of sp³-hybridized carbons (Fsp3) is 0.533. The van der Waals surface area contributed by atoms with Crippen LogP contribution in [0.1, 0.15) is 38.3 Å². The van der Waals surface area contributed by atoms with Gasteiger partial charge < -0.3 is 5.73 Å². The minimum absolute atomic E-state index is 0.192. The van der Waals surface area contributed by atoms with Crippen molar-refractivity contribution in [2.45, 2.75) is 33.7 Å². The Morgan fingerprint density at radius 2 is 2.11 bits per heavy atom. The summed E-state index contributed by atoms with van der Waals surface area (Å²) in [5.41, 5.74) is 6.18. The van der Waals surface area contributed by atoms with Gasteiger partial charge in [-0.3, -0.25) is 10.3 Å². The summed E-state index contributed by atoms with van der Waals surface area (Å²) in [6, 6.07) is 5.07. The number of nitrogen functional groups attached to an aromatic ring is 1. The zero-order chi connectivity index (χ0) is 14.4. The van der Waals surface area contributed by atoms with E-state index in [-0.39, 0.29) is 17.2 Å². The van der Waals surface area contributed by atoms with Crippen LogP contribution in [0.4, 0.5) is 4.39 Å². The van der Waals surface area contributed by atoms with Gasteiger partial charge in [-0.05, 0) is 18.5 Å². The number of hydrogen-bond acceptors (Lipinski definition) is 2. The Bertz CT molecular complexity index is 431. The molecule has 0 saturated carbocycles. The highest BCUT2D eigenvalue weighted by Gasteiger charge is 2.14. The summed E-state index contributed by atoms with van der Waals surface area (Å²) in [6.07, 6.45) is 1.12. The van der Waals surface area contributed by atoms with E-state index in [4.69, 9.17) is 11.1 Å². The molecular weight excluding hydrogens is 241 g/mol. The Balaban J connectivity index is 2.85. The predicted molar refractivity (Wildman–Crippen MR) is 77.8 cm³/mol. The highest BCUT2D eigenvalue weighted by atomic mass is 19.1. The molecule has 106 valence electrons. The van der Waals surface area contributed by atoms with E-state index in [1.165, 1.54) is 0 Å². The second-order valence-electron chi connectivity index (χ2n) is 5.03. The lowest BCUT2D eigenvalue weighted by Gasteiger charge is -2.24. The normalized spacial score (nSPS) is 12.7. The third kappa shape index (κ3) is 4.31. The zero-order valence-corrected chi connectivity index (χ0v) is 12.0. The first-order valence-corrected chi connectivity index (χ1v) is 6.83. The maximum atomic E-state index is 14.2. The van der Waals surface area contributed by atoms with Gasteiger partial charge in [-0.25, -0.2) is 4.39 Å². The Morgan fingerprint density at radius 1 is 1.42 bits per heavy atom. The quantitative estimate of drug-likeness (QED) is 0.588. The van der Waals surface area contributed by atoms with Crippen molar-refractivity contribution in [3.8, 4) is 0 Å². The maximum Gasteiger partial charge on any atom is 0.138 e. The molecule has 3 nitrogen and oxygen atoms in total. The molecule has 0 saturated heterocycles. The molecule has 0 spiro atoms. The van der Waals surface area contributed by atoms with Crippen LogP contribution in [0.3, 0.4) is 0 Å². The molecule has 19 heavy (non-hydrogen) atoms. The van der Waals surface area contributed by atoms with Gasteiger partial charge in [0.25, 0.3) is 0 Å². The van der Waals surface area contributed by atoms with Crippen molar-refractivity contribution in [3.05, 3.63) is 35.1 Å². The second kappa shape index (κ2) is 7.24.